The maximum Gasteiger partial charge on any atom is 0.247 e. The number of hydrogen-bond acceptors (Lipinski definition) is 4. The normalized spacial score (nSPS) is 27.4. The third kappa shape index (κ3) is 3.30. The van der Waals surface area contributed by atoms with Gasteiger partial charge in [-0.1, -0.05) is 32.0 Å². The van der Waals surface area contributed by atoms with E-state index in [1.807, 2.05) is 37.4 Å². The summed E-state index contributed by atoms with van der Waals surface area (Å²) < 4.78 is 0. The molecule has 0 saturated carbocycles. The van der Waals surface area contributed by atoms with Crippen LogP contribution in [0.1, 0.15) is 13.8 Å². The summed E-state index contributed by atoms with van der Waals surface area (Å²) >= 11 is 0. The van der Waals surface area contributed by atoms with E-state index in [1.54, 1.807) is 5.01 Å². The Balaban J connectivity index is 1.79. The molecule has 1 aromatic rings. The molecule has 6 nitrogen and oxygen atoms in total. The average Bonchev–Trinajstić information content (AvgIpc) is 2.90. The van der Waals surface area contributed by atoms with Gasteiger partial charge in [0.1, 0.15) is 0 Å². The maximum absolute atomic E-state index is 12.8. The predicted octanol–water partition coefficient (Wildman–Crippen LogP) is 0.856. The van der Waals surface area contributed by atoms with E-state index >= 15 is 0 Å². The molecule has 0 spiro atoms. The Morgan fingerprint density at radius 3 is 2.67 bits per heavy atom. The number of rotatable bonds is 4. The Morgan fingerprint density at radius 1 is 1.29 bits per heavy atom. The molecule has 0 aliphatic carbocycles. The third-order valence-corrected chi connectivity index (χ3v) is 4.74. The van der Waals surface area contributed by atoms with Crippen molar-refractivity contribution in [3.63, 3.8) is 0 Å². The van der Waals surface area contributed by atoms with Gasteiger partial charge in [0, 0.05) is 19.6 Å². The SMILES string of the molecule is CC(C)CNC(=O)C1CN(C)CC2C(=O)N(c3ccccc3)NC12. The van der Waals surface area contributed by atoms with Gasteiger partial charge in [-0.05, 0) is 25.1 Å². The Bertz CT molecular complexity index is 604. The monoisotopic (exact) mass is 330 g/mol. The van der Waals surface area contributed by atoms with Crippen molar-refractivity contribution < 1.29 is 9.59 Å². The molecule has 6 heteroatoms. The number of carbonyl (C=O) groups is 2. The molecule has 2 saturated heterocycles. The number of anilines is 1. The van der Waals surface area contributed by atoms with Crippen LogP contribution in [0.15, 0.2) is 30.3 Å². The van der Waals surface area contributed by atoms with E-state index in [0.29, 0.717) is 25.6 Å². The number of benzene rings is 1. The van der Waals surface area contributed by atoms with Crippen molar-refractivity contribution >= 4 is 17.5 Å². The van der Waals surface area contributed by atoms with Crippen LogP contribution in [0, 0.1) is 17.8 Å². The molecule has 2 heterocycles. The first-order valence-corrected chi connectivity index (χ1v) is 8.59. The average molecular weight is 330 g/mol. The lowest BCUT2D eigenvalue weighted by molar-refractivity contribution is -0.129. The number of likely N-dealkylation sites (tertiary alicyclic amines) is 1. The van der Waals surface area contributed by atoms with Crippen LogP contribution in [0.5, 0.6) is 0 Å². The fourth-order valence-electron chi connectivity index (χ4n) is 3.50. The fraction of sp³-hybridized carbons (Fsp3) is 0.556. The van der Waals surface area contributed by atoms with E-state index in [1.165, 1.54) is 0 Å². The molecule has 2 amide bonds. The molecular formula is C18H26N4O2. The molecule has 2 fully saturated rings. The number of fused-ring (bicyclic) bond motifs is 1. The second-order valence-electron chi connectivity index (χ2n) is 7.24. The lowest BCUT2D eigenvalue weighted by atomic mass is 9.84. The highest BCUT2D eigenvalue weighted by molar-refractivity contribution is 5.98. The van der Waals surface area contributed by atoms with Gasteiger partial charge in [0.05, 0.1) is 23.6 Å². The van der Waals surface area contributed by atoms with Crippen molar-refractivity contribution in [1.82, 2.24) is 15.6 Å². The number of nitrogens with zero attached hydrogens (tertiary/aromatic N) is 2. The number of hydrazine groups is 1. The molecule has 0 radical (unpaired) electrons. The summed E-state index contributed by atoms with van der Waals surface area (Å²) in [4.78, 5) is 27.5. The van der Waals surface area contributed by atoms with Crippen LogP contribution in [-0.2, 0) is 9.59 Å². The van der Waals surface area contributed by atoms with Gasteiger partial charge in [0.2, 0.25) is 11.8 Å². The van der Waals surface area contributed by atoms with Gasteiger partial charge >= 0.3 is 0 Å². The van der Waals surface area contributed by atoms with Gasteiger partial charge in [-0.3, -0.25) is 9.59 Å². The first-order valence-electron chi connectivity index (χ1n) is 8.59. The lowest BCUT2D eigenvalue weighted by Crippen LogP contribution is -2.56. The Labute approximate surface area is 143 Å². The first kappa shape index (κ1) is 16.9. The minimum Gasteiger partial charge on any atom is -0.356 e. The van der Waals surface area contributed by atoms with Crippen LogP contribution < -0.4 is 15.8 Å². The summed E-state index contributed by atoms with van der Waals surface area (Å²) in [6.07, 6.45) is 0. The van der Waals surface area contributed by atoms with Crippen molar-refractivity contribution in [2.24, 2.45) is 17.8 Å². The van der Waals surface area contributed by atoms with Gasteiger partial charge in [-0.25, -0.2) is 10.4 Å². The van der Waals surface area contributed by atoms with Crippen LogP contribution in [0.4, 0.5) is 5.69 Å². The molecule has 1 aromatic carbocycles. The second kappa shape index (κ2) is 6.91. The van der Waals surface area contributed by atoms with Crippen LogP contribution in [-0.4, -0.2) is 49.4 Å². The van der Waals surface area contributed by atoms with Crippen LogP contribution in [0.2, 0.25) is 0 Å². The largest absolute Gasteiger partial charge is 0.356 e. The third-order valence-electron chi connectivity index (χ3n) is 4.74. The highest BCUT2D eigenvalue weighted by atomic mass is 16.2. The fourth-order valence-corrected chi connectivity index (χ4v) is 3.50. The first-order chi connectivity index (χ1) is 11.5. The number of para-hydroxylation sites is 1. The minimum atomic E-state index is -0.231. The standard InChI is InChI=1S/C18H26N4O2/c1-12(2)9-19-17(23)14-10-21(3)11-15-16(14)20-22(18(15)24)13-7-5-4-6-8-13/h4-8,12,14-16,20H,9-11H2,1-3H3,(H,19,23). The summed E-state index contributed by atoms with van der Waals surface area (Å²) in [6.45, 7) is 6.14. The molecule has 2 aliphatic heterocycles. The quantitative estimate of drug-likeness (QED) is 0.859. The highest BCUT2D eigenvalue weighted by Crippen LogP contribution is 2.31. The van der Waals surface area contributed by atoms with Crippen molar-refractivity contribution in [3.8, 4) is 0 Å². The number of nitrogens with one attached hydrogen (secondary N) is 2. The molecule has 24 heavy (non-hydrogen) atoms. The molecule has 2 N–H and O–H groups in total. The Hall–Kier alpha value is -1.92. The van der Waals surface area contributed by atoms with Gasteiger partial charge in [0.25, 0.3) is 0 Å². The Kier molecular flexibility index (Phi) is 4.87. The van der Waals surface area contributed by atoms with Gasteiger partial charge in [-0.15, -0.1) is 0 Å². The molecule has 3 unspecified atom stereocenters. The summed E-state index contributed by atoms with van der Waals surface area (Å²) in [7, 11) is 1.97. The second-order valence-corrected chi connectivity index (χ2v) is 7.24. The molecule has 2 aliphatic rings. The van der Waals surface area contributed by atoms with E-state index in [2.05, 4.69) is 29.5 Å². The summed E-state index contributed by atoms with van der Waals surface area (Å²) in [5.74, 6) is 0.0499. The van der Waals surface area contributed by atoms with E-state index in [-0.39, 0.29) is 29.7 Å². The molecule has 0 bridgehead atoms. The van der Waals surface area contributed by atoms with Crippen molar-refractivity contribution in [2.75, 3.05) is 31.7 Å². The number of carbonyl (C=O) groups excluding carboxylic acids is 2. The zero-order valence-corrected chi connectivity index (χ0v) is 14.5. The van der Waals surface area contributed by atoms with Gasteiger partial charge in [0.15, 0.2) is 0 Å². The van der Waals surface area contributed by atoms with Crippen molar-refractivity contribution in [1.29, 1.82) is 0 Å². The smallest absolute Gasteiger partial charge is 0.247 e. The zero-order chi connectivity index (χ0) is 17.3. The summed E-state index contributed by atoms with van der Waals surface area (Å²) in [5, 5.41) is 4.63. The minimum absolute atomic E-state index is 0.0282. The summed E-state index contributed by atoms with van der Waals surface area (Å²) in [6, 6.07) is 9.39. The molecule has 0 aromatic heterocycles. The molecule has 130 valence electrons. The molecular weight excluding hydrogens is 304 g/mol. The van der Waals surface area contributed by atoms with Crippen LogP contribution in [0.3, 0.4) is 0 Å². The van der Waals surface area contributed by atoms with Crippen LogP contribution in [0.25, 0.3) is 0 Å². The highest BCUT2D eigenvalue weighted by Gasteiger charge is 2.50. The van der Waals surface area contributed by atoms with E-state index in [0.717, 1.165) is 5.69 Å². The Morgan fingerprint density at radius 2 is 2.00 bits per heavy atom. The van der Waals surface area contributed by atoms with Gasteiger partial charge < -0.3 is 10.2 Å². The van der Waals surface area contributed by atoms with Crippen LogP contribution >= 0.6 is 0 Å². The number of amides is 2. The van der Waals surface area contributed by atoms with E-state index in [9.17, 15) is 9.59 Å². The molecule has 3 rings (SSSR count). The lowest BCUT2D eigenvalue weighted by Gasteiger charge is -2.36. The van der Waals surface area contributed by atoms with Crippen molar-refractivity contribution in [3.05, 3.63) is 30.3 Å². The van der Waals surface area contributed by atoms with E-state index in [4.69, 9.17) is 0 Å². The summed E-state index contributed by atoms with van der Waals surface area (Å²) in [5.41, 5.74) is 4.11. The van der Waals surface area contributed by atoms with Gasteiger partial charge in [-0.2, -0.15) is 0 Å². The number of piperidine rings is 1. The molecule has 3 atom stereocenters. The zero-order valence-electron chi connectivity index (χ0n) is 14.5. The number of hydrogen-bond donors (Lipinski definition) is 2. The predicted molar refractivity (Wildman–Crippen MR) is 93.2 cm³/mol. The van der Waals surface area contributed by atoms with E-state index < -0.39 is 0 Å². The topological polar surface area (TPSA) is 64.7 Å². The maximum atomic E-state index is 12.8. The van der Waals surface area contributed by atoms with Crippen molar-refractivity contribution in [2.45, 2.75) is 19.9 Å².